The van der Waals surface area contributed by atoms with Crippen LogP contribution >= 0.6 is 0 Å². The summed E-state index contributed by atoms with van der Waals surface area (Å²) in [6, 6.07) is 5.92. The van der Waals surface area contributed by atoms with Crippen LogP contribution in [0.1, 0.15) is 38.0 Å². The molecule has 2 aromatic rings. The monoisotopic (exact) mass is 273 g/mol. The first kappa shape index (κ1) is 13.0. The van der Waals surface area contributed by atoms with Crippen LogP contribution in [0.2, 0.25) is 0 Å². The Bertz CT molecular complexity index is 570. The third-order valence-electron chi connectivity index (χ3n) is 3.81. The fourth-order valence-electron chi connectivity index (χ4n) is 2.41. The van der Waals surface area contributed by atoms with Gasteiger partial charge in [-0.15, -0.1) is 0 Å². The van der Waals surface area contributed by atoms with Crippen molar-refractivity contribution < 1.29 is 9.21 Å². The maximum Gasteiger partial charge on any atom is 0.225 e. The van der Waals surface area contributed by atoms with E-state index in [1.807, 2.05) is 22.9 Å². The molecule has 1 atom stereocenters. The molecule has 2 heterocycles. The van der Waals surface area contributed by atoms with Gasteiger partial charge < -0.3 is 9.73 Å². The van der Waals surface area contributed by atoms with Crippen LogP contribution in [-0.2, 0) is 11.2 Å². The van der Waals surface area contributed by atoms with E-state index in [4.69, 9.17) is 4.42 Å². The van der Waals surface area contributed by atoms with Crippen molar-refractivity contribution in [3.05, 3.63) is 36.4 Å². The Balaban J connectivity index is 1.57. The van der Waals surface area contributed by atoms with Crippen LogP contribution in [0.25, 0.3) is 0 Å². The van der Waals surface area contributed by atoms with Crippen molar-refractivity contribution in [2.45, 2.75) is 38.6 Å². The number of furan rings is 1. The predicted molar refractivity (Wildman–Crippen MR) is 75.3 cm³/mol. The van der Waals surface area contributed by atoms with E-state index in [9.17, 15) is 4.79 Å². The molecule has 1 fully saturated rings. The molecule has 3 rings (SSSR count). The number of hydrogen-bond donors (Lipinski definition) is 1. The quantitative estimate of drug-likeness (QED) is 0.880. The molecule has 1 amide bonds. The van der Waals surface area contributed by atoms with Gasteiger partial charge in [-0.3, -0.25) is 4.79 Å². The topological polar surface area (TPSA) is 60.1 Å². The SMILES string of the molecule is CC(C1CC1)n1nccc1NC(=O)CCc1ccco1. The van der Waals surface area contributed by atoms with Crippen LogP contribution in [0.15, 0.2) is 35.1 Å². The van der Waals surface area contributed by atoms with E-state index in [0.717, 1.165) is 11.6 Å². The van der Waals surface area contributed by atoms with Gasteiger partial charge in [0.1, 0.15) is 11.6 Å². The highest BCUT2D eigenvalue weighted by atomic mass is 16.3. The summed E-state index contributed by atoms with van der Waals surface area (Å²) < 4.78 is 7.14. The van der Waals surface area contributed by atoms with Gasteiger partial charge in [-0.25, -0.2) is 4.68 Å². The first-order valence-electron chi connectivity index (χ1n) is 7.10. The van der Waals surface area contributed by atoms with Gasteiger partial charge in [0.05, 0.1) is 18.5 Å². The number of aromatic nitrogens is 2. The average molecular weight is 273 g/mol. The van der Waals surface area contributed by atoms with E-state index in [-0.39, 0.29) is 5.91 Å². The summed E-state index contributed by atoms with van der Waals surface area (Å²) in [5.41, 5.74) is 0. The normalized spacial score (nSPS) is 16.1. The second-order valence-electron chi connectivity index (χ2n) is 5.37. The Kier molecular flexibility index (Phi) is 3.58. The molecule has 5 nitrogen and oxygen atoms in total. The van der Waals surface area contributed by atoms with Crippen LogP contribution < -0.4 is 5.32 Å². The second kappa shape index (κ2) is 5.53. The van der Waals surface area contributed by atoms with Gasteiger partial charge >= 0.3 is 0 Å². The molecular formula is C15H19N3O2. The Morgan fingerprint density at radius 1 is 1.55 bits per heavy atom. The molecule has 0 aliphatic heterocycles. The summed E-state index contributed by atoms with van der Waals surface area (Å²) >= 11 is 0. The lowest BCUT2D eigenvalue weighted by molar-refractivity contribution is -0.116. The van der Waals surface area contributed by atoms with Gasteiger partial charge in [0.25, 0.3) is 0 Å². The van der Waals surface area contributed by atoms with Crippen LogP contribution in [0, 0.1) is 5.92 Å². The van der Waals surface area contributed by atoms with Gasteiger partial charge in [-0.1, -0.05) is 0 Å². The van der Waals surface area contributed by atoms with Crippen molar-refractivity contribution in [2.24, 2.45) is 5.92 Å². The number of aryl methyl sites for hydroxylation is 1. The highest BCUT2D eigenvalue weighted by Gasteiger charge is 2.30. The lowest BCUT2D eigenvalue weighted by atomic mass is 10.2. The molecule has 1 unspecified atom stereocenters. The van der Waals surface area contributed by atoms with Gasteiger partial charge in [-0.2, -0.15) is 5.10 Å². The van der Waals surface area contributed by atoms with Crippen LogP contribution in [0.5, 0.6) is 0 Å². The molecular weight excluding hydrogens is 254 g/mol. The maximum atomic E-state index is 12.0. The summed E-state index contributed by atoms with van der Waals surface area (Å²) in [7, 11) is 0. The minimum Gasteiger partial charge on any atom is -0.469 e. The highest BCUT2D eigenvalue weighted by Crippen LogP contribution is 2.40. The van der Waals surface area contributed by atoms with Crippen LogP contribution in [-0.4, -0.2) is 15.7 Å². The summed E-state index contributed by atoms with van der Waals surface area (Å²) in [5, 5.41) is 7.26. The molecule has 1 aliphatic carbocycles. The van der Waals surface area contributed by atoms with Crippen molar-refractivity contribution in [1.29, 1.82) is 0 Å². The van der Waals surface area contributed by atoms with Crippen LogP contribution in [0.3, 0.4) is 0 Å². The second-order valence-corrected chi connectivity index (χ2v) is 5.37. The number of carbonyl (C=O) groups is 1. The molecule has 0 bridgehead atoms. The number of hydrogen-bond acceptors (Lipinski definition) is 3. The van der Waals surface area contributed by atoms with Gasteiger partial charge in [0.2, 0.25) is 5.91 Å². The molecule has 2 aromatic heterocycles. The summed E-state index contributed by atoms with van der Waals surface area (Å²) in [6.07, 6.45) is 6.90. The van der Waals surface area contributed by atoms with Crippen molar-refractivity contribution >= 4 is 11.7 Å². The number of nitrogens with zero attached hydrogens (tertiary/aromatic N) is 2. The minimum atomic E-state index is -0.00820. The lowest BCUT2D eigenvalue weighted by Gasteiger charge is -2.15. The van der Waals surface area contributed by atoms with E-state index in [0.29, 0.717) is 24.8 Å². The number of anilines is 1. The molecule has 0 spiro atoms. The van der Waals surface area contributed by atoms with E-state index < -0.39 is 0 Å². The number of nitrogens with one attached hydrogen (secondary N) is 1. The molecule has 5 heteroatoms. The summed E-state index contributed by atoms with van der Waals surface area (Å²) in [5.74, 6) is 2.31. The smallest absolute Gasteiger partial charge is 0.225 e. The molecule has 1 saturated carbocycles. The molecule has 0 aromatic carbocycles. The molecule has 1 aliphatic rings. The molecule has 106 valence electrons. The zero-order valence-electron chi connectivity index (χ0n) is 11.6. The Hall–Kier alpha value is -2.04. The Morgan fingerprint density at radius 3 is 3.10 bits per heavy atom. The minimum absolute atomic E-state index is 0.00820. The van der Waals surface area contributed by atoms with E-state index in [1.165, 1.54) is 12.8 Å². The highest BCUT2D eigenvalue weighted by molar-refractivity contribution is 5.89. The first-order valence-corrected chi connectivity index (χ1v) is 7.10. The van der Waals surface area contributed by atoms with Gasteiger partial charge in [0.15, 0.2) is 0 Å². The van der Waals surface area contributed by atoms with Gasteiger partial charge in [0, 0.05) is 18.9 Å². The Morgan fingerprint density at radius 2 is 2.40 bits per heavy atom. The van der Waals surface area contributed by atoms with Crippen molar-refractivity contribution in [2.75, 3.05) is 5.32 Å². The molecule has 1 N–H and O–H groups in total. The molecule has 0 saturated heterocycles. The number of rotatable bonds is 6. The van der Waals surface area contributed by atoms with Crippen molar-refractivity contribution in [3.8, 4) is 0 Å². The number of carbonyl (C=O) groups excluding carboxylic acids is 1. The summed E-state index contributed by atoms with van der Waals surface area (Å²) in [4.78, 5) is 12.0. The van der Waals surface area contributed by atoms with E-state index in [1.54, 1.807) is 12.5 Å². The third kappa shape index (κ3) is 2.92. The van der Waals surface area contributed by atoms with E-state index in [2.05, 4.69) is 17.3 Å². The molecule has 0 radical (unpaired) electrons. The standard InChI is InChI=1S/C15H19N3O2/c1-11(12-4-5-12)18-14(8-9-16-18)17-15(19)7-6-13-3-2-10-20-13/h2-3,8-12H,4-7H2,1H3,(H,17,19). The average Bonchev–Trinajstić information content (AvgIpc) is 2.97. The fourth-order valence-corrected chi connectivity index (χ4v) is 2.41. The zero-order chi connectivity index (χ0) is 13.9. The first-order chi connectivity index (χ1) is 9.74. The van der Waals surface area contributed by atoms with Crippen LogP contribution in [0.4, 0.5) is 5.82 Å². The fraction of sp³-hybridized carbons (Fsp3) is 0.467. The van der Waals surface area contributed by atoms with Crippen molar-refractivity contribution in [1.82, 2.24) is 9.78 Å². The predicted octanol–water partition coefficient (Wildman–Crippen LogP) is 3.02. The van der Waals surface area contributed by atoms with E-state index >= 15 is 0 Å². The number of amides is 1. The largest absolute Gasteiger partial charge is 0.469 e. The molecule has 20 heavy (non-hydrogen) atoms. The zero-order valence-corrected chi connectivity index (χ0v) is 11.6. The lowest BCUT2D eigenvalue weighted by Crippen LogP contribution is -2.18. The maximum absolute atomic E-state index is 12.0. The summed E-state index contributed by atoms with van der Waals surface area (Å²) in [6.45, 7) is 2.16. The third-order valence-corrected chi connectivity index (χ3v) is 3.81. The van der Waals surface area contributed by atoms with Gasteiger partial charge in [-0.05, 0) is 37.8 Å². The van der Waals surface area contributed by atoms with Crippen molar-refractivity contribution in [3.63, 3.8) is 0 Å². The Labute approximate surface area is 118 Å².